The van der Waals surface area contributed by atoms with Crippen LogP contribution in [0.3, 0.4) is 0 Å². The van der Waals surface area contributed by atoms with E-state index in [4.69, 9.17) is 14.5 Å². The number of carbonyl (C=O) groups is 1. The minimum Gasteiger partial charge on any atom is -0.492 e. The van der Waals surface area contributed by atoms with Crippen LogP contribution < -0.4 is 10.2 Å². The number of rotatable bonds is 7. The summed E-state index contributed by atoms with van der Waals surface area (Å²) in [6.45, 7) is 11.6. The van der Waals surface area contributed by atoms with Crippen molar-refractivity contribution in [2.24, 2.45) is 5.41 Å². The second kappa shape index (κ2) is 8.83. The van der Waals surface area contributed by atoms with Crippen LogP contribution in [0.2, 0.25) is 0 Å². The quantitative estimate of drug-likeness (QED) is 0.662. The van der Waals surface area contributed by atoms with Gasteiger partial charge >= 0.3 is 5.97 Å². The fraction of sp³-hybridized carbons (Fsp3) is 0.542. The number of ether oxygens (including phenoxy) is 2. The Morgan fingerprint density at radius 3 is 2.58 bits per heavy atom. The van der Waals surface area contributed by atoms with Gasteiger partial charge in [-0.2, -0.15) is 0 Å². The molecular formula is C24H32N2O5. The Kier molecular flexibility index (Phi) is 6.55. The summed E-state index contributed by atoms with van der Waals surface area (Å²) in [4.78, 5) is 29.0. The van der Waals surface area contributed by atoms with Crippen molar-refractivity contribution in [1.82, 2.24) is 9.55 Å². The van der Waals surface area contributed by atoms with Gasteiger partial charge in [0, 0.05) is 38.4 Å². The van der Waals surface area contributed by atoms with Gasteiger partial charge in [0.1, 0.15) is 11.3 Å². The predicted octanol–water partition coefficient (Wildman–Crippen LogP) is 4.29. The molecule has 7 nitrogen and oxygen atoms in total. The van der Waals surface area contributed by atoms with E-state index in [2.05, 4.69) is 34.6 Å². The van der Waals surface area contributed by atoms with Gasteiger partial charge in [-0.15, -0.1) is 0 Å². The summed E-state index contributed by atoms with van der Waals surface area (Å²) in [6, 6.07) is 3.43. The second-order valence-corrected chi connectivity index (χ2v) is 9.46. The van der Waals surface area contributed by atoms with Gasteiger partial charge in [0.2, 0.25) is 0 Å². The van der Waals surface area contributed by atoms with Gasteiger partial charge < -0.3 is 19.1 Å². The number of carboxylic acid groups (broad SMARTS) is 1. The van der Waals surface area contributed by atoms with Crippen molar-refractivity contribution in [2.45, 2.75) is 59.4 Å². The van der Waals surface area contributed by atoms with Crippen LogP contribution >= 0.6 is 0 Å². The van der Waals surface area contributed by atoms with Crippen LogP contribution in [-0.2, 0) is 11.2 Å². The van der Waals surface area contributed by atoms with Crippen molar-refractivity contribution in [3.05, 3.63) is 45.4 Å². The maximum absolute atomic E-state index is 12.5. The molecular weight excluding hydrogens is 396 g/mol. The number of pyridine rings is 2. The minimum absolute atomic E-state index is 0.0262. The van der Waals surface area contributed by atoms with Crippen molar-refractivity contribution < 1.29 is 19.4 Å². The van der Waals surface area contributed by atoms with Gasteiger partial charge in [0.15, 0.2) is 5.43 Å². The topological polar surface area (TPSA) is 90.7 Å². The van der Waals surface area contributed by atoms with E-state index >= 15 is 0 Å². The highest BCUT2D eigenvalue weighted by atomic mass is 16.5. The summed E-state index contributed by atoms with van der Waals surface area (Å²) in [5, 5.41) is 9.47. The van der Waals surface area contributed by atoms with Gasteiger partial charge in [0.25, 0.3) is 0 Å². The van der Waals surface area contributed by atoms with Crippen LogP contribution in [-0.4, -0.2) is 41.0 Å². The molecule has 0 saturated heterocycles. The fourth-order valence-electron chi connectivity index (χ4n) is 4.03. The van der Waals surface area contributed by atoms with Gasteiger partial charge in [-0.05, 0) is 29.4 Å². The summed E-state index contributed by atoms with van der Waals surface area (Å²) < 4.78 is 13.1. The molecule has 1 aliphatic heterocycles. The number of hydrogen-bond donors (Lipinski definition) is 1. The smallest absolute Gasteiger partial charge is 0.341 e. The number of methoxy groups -OCH3 is 1. The normalized spacial score (nSPS) is 15.5. The van der Waals surface area contributed by atoms with Crippen LogP contribution in [0.5, 0.6) is 5.75 Å². The Balaban J connectivity index is 2.18. The SMILES string of the molecule is COCCCOc1cc2c(nc1C(C)C)-c1cc(=O)c(C(=O)O)cn1C(C(C)(C)C)C2. The lowest BCUT2D eigenvalue weighted by Gasteiger charge is -2.38. The average molecular weight is 429 g/mol. The molecule has 31 heavy (non-hydrogen) atoms. The van der Waals surface area contributed by atoms with Crippen molar-refractivity contribution in [1.29, 1.82) is 0 Å². The molecule has 1 aliphatic rings. The largest absolute Gasteiger partial charge is 0.492 e. The van der Waals surface area contributed by atoms with E-state index in [0.717, 1.165) is 29.1 Å². The van der Waals surface area contributed by atoms with Crippen LogP contribution in [0.4, 0.5) is 0 Å². The highest BCUT2D eigenvalue weighted by Crippen LogP contribution is 2.43. The fourth-order valence-corrected chi connectivity index (χ4v) is 4.03. The van der Waals surface area contributed by atoms with Gasteiger partial charge in [0.05, 0.1) is 23.7 Å². The van der Waals surface area contributed by atoms with Crippen LogP contribution in [0.1, 0.15) is 74.6 Å². The first-order valence-corrected chi connectivity index (χ1v) is 10.7. The molecule has 0 aromatic carbocycles. The Hall–Kier alpha value is -2.67. The third-order valence-electron chi connectivity index (χ3n) is 5.69. The molecule has 1 unspecified atom stereocenters. The van der Waals surface area contributed by atoms with E-state index in [1.165, 1.54) is 12.3 Å². The average Bonchev–Trinajstić information content (AvgIpc) is 2.68. The lowest BCUT2D eigenvalue weighted by molar-refractivity contribution is 0.0693. The second-order valence-electron chi connectivity index (χ2n) is 9.46. The highest BCUT2D eigenvalue weighted by Gasteiger charge is 2.35. The molecule has 0 fully saturated rings. The number of fused-ring (bicyclic) bond motifs is 3. The Morgan fingerprint density at radius 2 is 2.00 bits per heavy atom. The zero-order valence-corrected chi connectivity index (χ0v) is 19.2. The Morgan fingerprint density at radius 1 is 1.29 bits per heavy atom. The van der Waals surface area contributed by atoms with Crippen molar-refractivity contribution in [3.8, 4) is 17.1 Å². The van der Waals surface area contributed by atoms with E-state index in [1.807, 2.05) is 10.6 Å². The standard InChI is InChI=1S/C24H32N2O5/c1-14(2)21-19(31-9-7-8-30-6)10-15-11-20(24(3,4)5)26-13-16(23(28)29)18(27)12-17(26)22(15)25-21/h10,12-14,20H,7-9,11H2,1-6H3,(H,28,29). The molecule has 168 valence electrons. The lowest BCUT2D eigenvalue weighted by Crippen LogP contribution is -2.33. The molecule has 0 bridgehead atoms. The zero-order valence-electron chi connectivity index (χ0n) is 19.2. The van der Waals surface area contributed by atoms with Gasteiger partial charge in [-0.3, -0.25) is 4.79 Å². The van der Waals surface area contributed by atoms with E-state index < -0.39 is 11.4 Å². The predicted molar refractivity (Wildman–Crippen MR) is 119 cm³/mol. The van der Waals surface area contributed by atoms with Gasteiger partial charge in [-0.1, -0.05) is 34.6 Å². The Bertz CT molecular complexity index is 1030. The maximum atomic E-state index is 12.5. The molecule has 1 N–H and O–H groups in total. The number of hydrogen-bond acceptors (Lipinski definition) is 5. The van der Waals surface area contributed by atoms with Crippen molar-refractivity contribution in [2.75, 3.05) is 20.3 Å². The van der Waals surface area contributed by atoms with Crippen LogP contribution in [0, 0.1) is 5.41 Å². The first-order valence-electron chi connectivity index (χ1n) is 10.7. The first kappa shape index (κ1) is 23.0. The lowest BCUT2D eigenvalue weighted by atomic mass is 9.79. The third kappa shape index (κ3) is 4.66. The van der Waals surface area contributed by atoms with E-state index in [9.17, 15) is 14.7 Å². The van der Waals surface area contributed by atoms with Gasteiger partial charge in [-0.25, -0.2) is 9.78 Å². The van der Waals surface area contributed by atoms with E-state index in [0.29, 0.717) is 25.3 Å². The van der Waals surface area contributed by atoms with Crippen molar-refractivity contribution >= 4 is 5.97 Å². The summed E-state index contributed by atoms with van der Waals surface area (Å²) in [6.07, 6.45) is 2.93. The number of carboxylic acids is 1. The molecule has 0 amide bonds. The van der Waals surface area contributed by atoms with E-state index in [-0.39, 0.29) is 22.9 Å². The molecule has 3 rings (SSSR count). The molecule has 3 heterocycles. The molecule has 0 saturated carbocycles. The molecule has 2 aromatic rings. The molecule has 7 heteroatoms. The number of aromatic nitrogens is 2. The molecule has 0 radical (unpaired) electrons. The summed E-state index contributed by atoms with van der Waals surface area (Å²) in [5.74, 6) is -0.327. The Labute approximate surface area is 183 Å². The summed E-state index contributed by atoms with van der Waals surface area (Å²) in [5.41, 5.74) is 2.33. The summed E-state index contributed by atoms with van der Waals surface area (Å²) >= 11 is 0. The zero-order chi connectivity index (χ0) is 22.9. The minimum atomic E-state index is -1.21. The maximum Gasteiger partial charge on any atom is 0.341 e. The molecule has 0 spiro atoms. The molecule has 2 aromatic heterocycles. The third-order valence-corrected chi connectivity index (χ3v) is 5.69. The molecule has 0 aliphatic carbocycles. The van der Waals surface area contributed by atoms with Crippen LogP contribution in [0.25, 0.3) is 11.4 Å². The monoisotopic (exact) mass is 428 g/mol. The first-order chi connectivity index (χ1) is 14.5. The van der Waals surface area contributed by atoms with E-state index in [1.54, 1.807) is 7.11 Å². The summed E-state index contributed by atoms with van der Waals surface area (Å²) in [7, 11) is 1.67. The highest BCUT2D eigenvalue weighted by molar-refractivity contribution is 5.87. The molecule has 1 atom stereocenters. The number of nitrogens with zero attached hydrogens (tertiary/aromatic N) is 2. The van der Waals surface area contributed by atoms with Crippen LogP contribution in [0.15, 0.2) is 23.1 Å². The van der Waals surface area contributed by atoms with Crippen molar-refractivity contribution in [3.63, 3.8) is 0 Å². The number of aromatic carboxylic acids is 1.